The lowest BCUT2D eigenvalue weighted by molar-refractivity contribution is 0.0733. The van der Waals surface area contributed by atoms with Gasteiger partial charge in [-0.2, -0.15) is 0 Å². The van der Waals surface area contributed by atoms with Crippen molar-refractivity contribution in [1.82, 2.24) is 4.90 Å². The van der Waals surface area contributed by atoms with Gasteiger partial charge in [0, 0.05) is 17.7 Å². The van der Waals surface area contributed by atoms with Crippen molar-refractivity contribution >= 4 is 21.6 Å². The number of carbonyl (C=O) groups excluding carboxylic acids is 1. The molecule has 0 saturated carbocycles. The Morgan fingerprint density at radius 3 is 2.56 bits per heavy atom. The molecule has 34 heavy (non-hydrogen) atoms. The third kappa shape index (κ3) is 4.70. The van der Waals surface area contributed by atoms with Crippen molar-refractivity contribution in [3.05, 3.63) is 83.7 Å². The van der Waals surface area contributed by atoms with Crippen molar-refractivity contribution < 1.29 is 27.1 Å². The highest BCUT2D eigenvalue weighted by molar-refractivity contribution is 7.92. The normalized spacial score (nSPS) is 15.7. The molecule has 0 aliphatic carbocycles. The fraction of sp³-hybridized carbons (Fsp3) is 0.240. The quantitative estimate of drug-likeness (QED) is 0.529. The second-order valence-electron chi connectivity index (χ2n) is 7.88. The van der Waals surface area contributed by atoms with Crippen LogP contribution in [-0.4, -0.2) is 40.0 Å². The minimum atomic E-state index is -4.10. The zero-order valence-electron chi connectivity index (χ0n) is 18.8. The van der Waals surface area contributed by atoms with Crippen LogP contribution < -0.4 is 14.2 Å². The molecule has 0 aromatic heterocycles. The van der Waals surface area contributed by atoms with Gasteiger partial charge in [-0.3, -0.25) is 9.52 Å². The minimum Gasteiger partial charge on any atom is -0.497 e. The number of methoxy groups -OCH3 is 2. The molecule has 1 aliphatic heterocycles. The first-order valence-electron chi connectivity index (χ1n) is 10.7. The number of amides is 1. The topological polar surface area (TPSA) is 84.9 Å². The number of nitrogens with one attached hydrogen (secondary N) is 1. The maximum Gasteiger partial charge on any atom is 0.262 e. The van der Waals surface area contributed by atoms with Gasteiger partial charge in [0.1, 0.15) is 17.3 Å². The Balaban J connectivity index is 1.63. The van der Waals surface area contributed by atoms with Crippen molar-refractivity contribution in [3.8, 4) is 11.5 Å². The Hall–Kier alpha value is -3.59. The number of halogens is 1. The molecular formula is C25H25FN2O5S. The Morgan fingerprint density at radius 1 is 1.03 bits per heavy atom. The third-order valence-corrected chi connectivity index (χ3v) is 7.18. The van der Waals surface area contributed by atoms with E-state index in [-0.39, 0.29) is 28.1 Å². The Morgan fingerprint density at radius 2 is 1.82 bits per heavy atom. The van der Waals surface area contributed by atoms with Crippen molar-refractivity contribution in [1.29, 1.82) is 0 Å². The van der Waals surface area contributed by atoms with Gasteiger partial charge in [0.2, 0.25) is 0 Å². The summed E-state index contributed by atoms with van der Waals surface area (Å²) in [5.41, 5.74) is 0.895. The van der Waals surface area contributed by atoms with E-state index >= 15 is 0 Å². The van der Waals surface area contributed by atoms with Crippen molar-refractivity contribution in [2.24, 2.45) is 0 Å². The summed E-state index contributed by atoms with van der Waals surface area (Å²) in [5.74, 6) is 0.319. The van der Waals surface area contributed by atoms with Crippen molar-refractivity contribution in [2.45, 2.75) is 23.8 Å². The molecule has 1 amide bonds. The average Bonchev–Trinajstić information content (AvgIpc) is 3.34. The van der Waals surface area contributed by atoms with Crippen LogP contribution in [0.15, 0.2) is 71.6 Å². The van der Waals surface area contributed by atoms with E-state index in [9.17, 15) is 17.6 Å². The summed E-state index contributed by atoms with van der Waals surface area (Å²) in [6.45, 7) is 0.522. The number of carbonyl (C=O) groups is 1. The molecule has 3 aromatic carbocycles. The summed E-state index contributed by atoms with van der Waals surface area (Å²) in [6, 6.07) is 16.5. The molecular weight excluding hydrogens is 459 g/mol. The number of benzene rings is 3. The zero-order valence-corrected chi connectivity index (χ0v) is 19.6. The SMILES string of the molecule is COc1ccc(OC)c([C@@H]2CCCN2C(=O)c2cccc(S(=O)(=O)Nc3ccccc3F)c2)c1. The van der Waals surface area contributed by atoms with Crippen LogP contribution in [0.3, 0.4) is 0 Å². The summed E-state index contributed by atoms with van der Waals surface area (Å²) in [6.07, 6.45) is 1.53. The second-order valence-corrected chi connectivity index (χ2v) is 9.56. The summed E-state index contributed by atoms with van der Waals surface area (Å²) in [7, 11) is -0.951. The van der Waals surface area contributed by atoms with E-state index in [0.717, 1.165) is 24.5 Å². The van der Waals surface area contributed by atoms with Gasteiger partial charge in [-0.1, -0.05) is 18.2 Å². The molecule has 3 aromatic rings. The lowest BCUT2D eigenvalue weighted by Crippen LogP contribution is -2.31. The van der Waals surface area contributed by atoms with Gasteiger partial charge in [-0.25, -0.2) is 12.8 Å². The minimum absolute atomic E-state index is 0.128. The highest BCUT2D eigenvalue weighted by Gasteiger charge is 2.33. The van der Waals surface area contributed by atoms with Crippen LogP contribution in [0.5, 0.6) is 11.5 Å². The summed E-state index contributed by atoms with van der Waals surface area (Å²) in [4.78, 5) is 15.0. The molecule has 0 unspecified atom stereocenters. The molecule has 1 heterocycles. The van der Waals surface area contributed by atoms with Crippen LogP contribution in [0.2, 0.25) is 0 Å². The molecule has 1 atom stereocenters. The fourth-order valence-corrected chi connectivity index (χ4v) is 5.26. The maximum atomic E-state index is 14.0. The Bertz CT molecular complexity index is 1310. The van der Waals surface area contributed by atoms with Crippen LogP contribution in [-0.2, 0) is 10.0 Å². The standard InChI is InChI=1S/C25H25FN2O5S/c1-32-18-12-13-24(33-2)20(16-18)23-11-6-14-28(23)25(29)17-7-5-8-19(15-17)34(30,31)27-22-10-4-3-9-21(22)26/h3-5,7-10,12-13,15-16,23,27H,6,11,14H2,1-2H3/t23-/m0/s1. The molecule has 1 aliphatic rings. The van der Waals surface area contributed by atoms with Crippen molar-refractivity contribution in [2.75, 3.05) is 25.5 Å². The second kappa shape index (κ2) is 9.72. The molecule has 1 saturated heterocycles. The summed E-state index contributed by atoms with van der Waals surface area (Å²) < 4.78 is 52.8. The smallest absolute Gasteiger partial charge is 0.262 e. The first-order chi connectivity index (χ1) is 16.3. The number of hydrogen-bond donors (Lipinski definition) is 1. The molecule has 9 heteroatoms. The molecule has 0 bridgehead atoms. The molecule has 0 spiro atoms. The van der Waals surface area contributed by atoms with Gasteiger partial charge < -0.3 is 14.4 Å². The van der Waals surface area contributed by atoms with E-state index in [2.05, 4.69) is 4.72 Å². The van der Waals surface area contributed by atoms with E-state index in [1.807, 2.05) is 6.07 Å². The summed E-state index contributed by atoms with van der Waals surface area (Å²) in [5, 5.41) is 0. The predicted molar refractivity (Wildman–Crippen MR) is 126 cm³/mol. The van der Waals surface area contributed by atoms with Gasteiger partial charge in [0.25, 0.3) is 15.9 Å². The number of likely N-dealkylation sites (tertiary alicyclic amines) is 1. The number of rotatable bonds is 7. The van der Waals surface area contributed by atoms with Gasteiger partial charge in [0.15, 0.2) is 0 Å². The number of para-hydroxylation sites is 1. The third-order valence-electron chi connectivity index (χ3n) is 5.82. The van der Waals surface area contributed by atoms with Crippen LogP contribution in [0.25, 0.3) is 0 Å². The molecule has 4 rings (SSSR count). The molecule has 7 nitrogen and oxygen atoms in total. The largest absolute Gasteiger partial charge is 0.497 e. The number of ether oxygens (including phenoxy) is 2. The average molecular weight is 485 g/mol. The number of sulfonamides is 1. The lowest BCUT2D eigenvalue weighted by Gasteiger charge is -2.27. The highest BCUT2D eigenvalue weighted by atomic mass is 32.2. The molecule has 178 valence electrons. The Kier molecular flexibility index (Phi) is 6.74. The van der Waals surface area contributed by atoms with E-state index in [4.69, 9.17) is 9.47 Å². The van der Waals surface area contributed by atoms with Crippen LogP contribution >= 0.6 is 0 Å². The van der Waals surface area contributed by atoms with Crippen LogP contribution in [0, 0.1) is 5.82 Å². The molecule has 1 fully saturated rings. The molecule has 0 radical (unpaired) electrons. The monoisotopic (exact) mass is 484 g/mol. The van der Waals surface area contributed by atoms with Gasteiger partial charge in [0.05, 0.1) is 30.8 Å². The van der Waals surface area contributed by atoms with Crippen LogP contribution in [0.4, 0.5) is 10.1 Å². The maximum absolute atomic E-state index is 14.0. The number of anilines is 1. The van der Waals surface area contributed by atoms with E-state index in [0.29, 0.717) is 18.0 Å². The fourth-order valence-electron chi connectivity index (χ4n) is 4.14. The van der Waals surface area contributed by atoms with E-state index in [1.54, 1.807) is 37.3 Å². The van der Waals surface area contributed by atoms with E-state index < -0.39 is 15.8 Å². The van der Waals surface area contributed by atoms with E-state index in [1.165, 1.54) is 36.4 Å². The predicted octanol–water partition coefficient (Wildman–Crippen LogP) is 4.62. The van der Waals surface area contributed by atoms with Gasteiger partial charge in [-0.15, -0.1) is 0 Å². The molecule has 1 N–H and O–H groups in total. The van der Waals surface area contributed by atoms with Gasteiger partial charge in [-0.05, 0) is 61.4 Å². The van der Waals surface area contributed by atoms with Gasteiger partial charge >= 0.3 is 0 Å². The highest BCUT2D eigenvalue weighted by Crippen LogP contribution is 2.39. The zero-order chi connectivity index (χ0) is 24.3. The number of hydrogen-bond acceptors (Lipinski definition) is 5. The first-order valence-corrected chi connectivity index (χ1v) is 12.2. The van der Waals surface area contributed by atoms with Crippen LogP contribution in [0.1, 0.15) is 34.8 Å². The van der Waals surface area contributed by atoms with Crippen molar-refractivity contribution in [3.63, 3.8) is 0 Å². The first kappa shape index (κ1) is 23.6. The lowest BCUT2D eigenvalue weighted by atomic mass is 10.0. The Labute approximate surface area is 198 Å². The summed E-state index contributed by atoms with van der Waals surface area (Å²) >= 11 is 0. The number of nitrogens with zero attached hydrogens (tertiary/aromatic N) is 1.